The van der Waals surface area contributed by atoms with E-state index in [4.69, 9.17) is 9.26 Å². The maximum absolute atomic E-state index is 12.1. The van der Waals surface area contributed by atoms with Crippen molar-refractivity contribution in [3.8, 4) is 5.75 Å². The molecule has 2 N–H and O–H groups in total. The maximum Gasteiger partial charge on any atom is 0.390 e. The van der Waals surface area contributed by atoms with Crippen LogP contribution >= 0.6 is 15.9 Å². The predicted molar refractivity (Wildman–Crippen MR) is 112 cm³/mol. The van der Waals surface area contributed by atoms with Crippen molar-refractivity contribution in [2.45, 2.75) is 13.5 Å². The van der Waals surface area contributed by atoms with Crippen LogP contribution in [0.3, 0.4) is 0 Å². The fourth-order valence-corrected chi connectivity index (χ4v) is 2.74. The Bertz CT molecular complexity index is 1110. The van der Waals surface area contributed by atoms with E-state index in [2.05, 4.69) is 41.8 Å². The first-order chi connectivity index (χ1) is 15.3. The smallest absolute Gasteiger partial charge is 0.390 e. The van der Waals surface area contributed by atoms with E-state index in [9.17, 15) is 19.7 Å². The first-order valence-electron chi connectivity index (χ1n) is 9.26. The third-order valence-corrected chi connectivity index (χ3v) is 4.55. The van der Waals surface area contributed by atoms with E-state index >= 15 is 0 Å². The Morgan fingerprint density at radius 2 is 1.97 bits per heavy atom. The fraction of sp³-hybridized carbons (Fsp3) is 0.278. The number of nitro groups is 1. The summed E-state index contributed by atoms with van der Waals surface area (Å²) in [4.78, 5) is 38.0. The van der Waals surface area contributed by atoms with Gasteiger partial charge in [0.15, 0.2) is 12.4 Å². The molecule has 168 valence electrons. The average molecular weight is 508 g/mol. The Morgan fingerprint density at radius 3 is 2.66 bits per heavy atom. The van der Waals surface area contributed by atoms with Crippen LogP contribution in [-0.4, -0.2) is 56.4 Å². The van der Waals surface area contributed by atoms with Gasteiger partial charge in [-0.1, -0.05) is 21.1 Å². The highest BCUT2D eigenvalue weighted by atomic mass is 79.9. The Morgan fingerprint density at radius 1 is 1.25 bits per heavy atom. The lowest BCUT2D eigenvalue weighted by molar-refractivity contribution is -0.389. The van der Waals surface area contributed by atoms with E-state index in [1.54, 1.807) is 31.2 Å². The molecule has 2 aromatic heterocycles. The van der Waals surface area contributed by atoms with Crippen molar-refractivity contribution in [3.63, 3.8) is 0 Å². The Balaban J connectivity index is 1.39. The van der Waals surface area contributed by atoms with Crippen LogP contribution in [0.25, 0.3) is 0 Å². The minimum absolute atomic E-state index is 0.00484. The third-order valence-electron chi connectivity index (χ3n) is 4.03. The Labute approximate surface area is 189 Å². The summed E-state index contributed by atoms with van der Waals surface area (Å²) in [6.45, 7) is 1.79. The number of hydrogen-bond acceptors (Lipinski definition) is 9. The van der Waals surface area contributed by atoms with Crippen molar-refractivity contribution in [1.29, 1.82) is 0 Å². The van der Waals surface area contributed by atoms with Crippen LogP contribution in [0.4, 0.5) is 5.82 Å². The molecule has 3 rings (SSSR count). The first kappa shape index (κ1) is 22.9. The largest absolute Gasteiger partial charge is 0.484 e. The van der Waals surface area contributed by atoms with E-state index < -0.39 is 10.8 Å². The second-order valence-electron chi connectivity index (χ2n) is 6.42. The number of carbonyl (C=O) groups excluding carboxylic acids is 2. The molecule has 0 bridgehead atoms. The molecular formula is C18H18BrN7O6. The molecule has 2 heterocycles. The van der Waals surface area contributed by atoms with Crippen LogP contribution in [0, 0.1) is 17.0 Å². The molecular weight excluding hydrogens is 490 g/mol. The van der Waals surface area contributed by atoms with Crippen LogP contribution in [0.1, 0.15) is 22.2 Å². The van der Waals surface area contributed by atoms with Crippen LogP contribution in [-0.2, 0) is 11.3 Å². The van der Waals surface area contributed by atoms with Gasteiger partial charge in [-0.15, -0.1) is 0 Å². The molecule has 0 radical (unpaired) electrons. The average Bonchev–Trinajstić information content (AvgIpc) is 3.38. The number of halogens is 1. The van der Waals surface area contributed by atoms with Gasteiger partial charge in [-0.2, -0.15) is 9.67 Å². The number of hydrogen-bond donors (Lipinski definition) is 2. The van der Waals surface area contributed by atoms with Crippen LogP contribution in [0.2, 0.25) is 0 Å². The van der Waals surface area contributed by atoms with Gasteiger partial charge in [-0.25, -0.2) is 0 Å². The van der Waals surface area contributed by atoms with Gasteiger partial charge >= 0.3 is 17.6 Å². The zero-order valence-corrected chi connectivity index (χ0v) is 18.4. The van der Waals surface area contributed by atoms with Gasteiger partial charge in [0, 0.05) is 17.6 Å². The molecule has 0 unspecified atom stereocenters. The number of carbonyl (C=O) groups is 2. The third kappa shape index (κ3) is 6.34. The summed E-state index contributed by atoms with van der Waals surface area (Å²) in [5, 5.41) is 23.4. The molecule has 1 aromatic carbocycles. The van der Waals surface area contributed by atoms with Gasteiger partial charge in [0.1, 0.15) is 12.3 Å². The summed E-state index contributed by atoms with van der Waals surface area (Å²) in [6.07, 6.45) is 0. The predicted octanol–water partition coefficient (Wildman–Crippen LogP) is 1.22. The number of benzene rings is 1. The van der Waals surface area contributed by atoms with Gasteiger partial charge in [0.2, 0.25) is 0 Å². The molecule has 0 aliphatic heterocycles. The number of aryl methyl sites for hydroxylation is 1. The van der Waals surface area contributed by atoms with E-state index in [-0.39, 0.29) is 49.7 Å². The van der Waals surface area contributed by atoms with Gasteiger partial charge in [0.25, 0.3) is 5.91 Å². The van der Waals surface area contributed by atoms with Crippen LogP contribution in [0.5, 0.6) is 5.75 Å². The number of aromatic nitrogens is 4. The highest BCUT2D eigenvalue weighted by molar-refractivity contribution is 9.10. The number of rotatable bonds is 10. The van der Waals surface area contributed by atoms with E-state index in [0.717, 1.165) is 4.47 Å². The van der Waals surface area contributed by atoms with Gasteiger partial charge in [-0.05, 0) is 36.1 Å². The minimum Gasteiger partial charge on any atom is -0.484 e. The highest BCUT2D eigenvalue weighted by Crippen LogP contribution is 2.16. The van der Waals surface area contributed by atoms with Crippen LogP contribution in [0.15, 0.2) is 39.3 Å². The lowest BCUT2D eigenvalue weighted by Gasteiger charge is -2.07. The zero-order chi connectivity index (χ0) is 23.1. The summed E-state index contributed by atoms with van der Waals surface area (Å²) in [5.74, 6) is -0.839. The second kappa shape index (κ2) is 10.5. The van der Waals surface area contributed by atoms with Gasteiger partial charge in [0.05, 0.1) is 16.9 Å². The monoisotopic (exact) mass is 507 g/mol. The fourth-order valence-electron chi connectivity index (χ4n) is 2.47. The normalized spacial score (nSPS) is 10.6. The second-order valence-corrected chi connectivity index (χ2v) is 7.34. The molecule has 0 aliphatic rings. The topological polar surface area (TPSA) is 167 Å². The molecule has 0 fully saturated rings. The first-order valence-corrected chi connectivity index (χ1v) is 10.1. The van der Waals surface area contributed by atoms with Gasteiger partial charge < -0.3 is 30.0 Å². The van der Waals surface area contributed by atoms with E-state index in [1.807, 2.05) is 0 Å². The lowest BCUT2D eigenvalue weighted by atomic mass is 10.3. The van der Waals surface area contributed by atoms with Crippen molar-refractivity contribution in [2.75, 3.05) is 19.7 Å². The molecule has 0 spiro atoms. The molecule has 2 amide bonds. The van der Waals surface area contributed by atoms with E-state index in [0.29, 0.717) is 11.4 Å². The minimum atomic E-state index is -0.618. The van der Waals surface area contributed by atoms with Gasteiger partial charge in [-0.3, -0.25) is 9.59 Å². The quantitative estimate of drug-likeness (QED) is 0.232. The summed E-state index contributed by atoms with van der Waals surface area (Å²) < 4.78 is 12.5. The summed E-state index contributed by atoms with van der Waals surface area (Å²) in [6, 6.07) is 8.36. The van der Waals surface area contributed by atoms with Crippen molar-refractivity contribution < 1.29 is 23.8 Å². The number of nitrogens with zero attached hydrogens (tertiary/aromatic N) is 5. The molecule has 0 aliphatic carbocycles. The molecule has 0 saturated carbocycles. The number of amides is 2. The molecule has 14 heteroatoms. The number of ether oxygens (including phenoxy) is 1. The zero-order valence-electron chi connectivity index (χ0n) is 16.8. The molecule has 0 saturated heterocycles. The van der Waals surface area contributed by atoms with Crippen molar-refractivity contribution in [2.24, 2.45) is 0 Å². The van der Waals surface area contributed by atoms with Crippen molar-refractivity contribution >= 4 is 33.6 Å². The summed E-state index contributed by atoms with van der Waals surface area (Å²) in [7, 11) is 0. The highest BCUT2D eigenvalue weighted by Gasteiger charge is 2.19. The maximum atomic E-state index is 12.1. The molecule has 3 aromatic rings. The van der Waals surface area contributed by atoms with E-state index in [1.165, 1.54) is 10.7 Å². The number of nitrogens with one attached hydrogen (secondary N) is 2. The Hall–Kier alpha value is -3.81. The standard InChI is InChI=1S/C18H18BrN7O6/c1-11-8-15(26(29)30)23-25(11)9-14-22-18(32-24-14)17(28)21-7-6-20-16(27)10-31-13-4-2-12(19)3-5-13/h2-5,8H,6-7,9-10H2,1H3,(H,20,27)(H,21,28). The van der Waals surface area contributed by atoms with Crippen molar-refractivity contribution in [3.05, 3.63) is 62.3 Å². The van der Waals surface area contributed by atoms with Crippen LogP contribution < -0.4 is 15.4 Å². The molecule has 13 nitrogen and oxygen atoms in total. The summed E-state index contributed by atoms with van der Waals surface area (Å²) in [5.41, 5.74) is 0.535. The van der Waals surface area contributed by atoms with Crippen molar-refractivity contribution in [1.82, 2.24) is 30.6 Å². The lowest BCUT2D eigenvalue weighted by Crippen LogP contribution is -2.36. The SMILES string of the molecule is Cc1cc([N+](=O)[O-])nn1Cc1noc(C(=O)NCCNC(=O)COc2ccc(Br)cc2)n1. The summed E-state index contributed by atoms with van der Waals surface area (Å²) >= 11 is 3.31. The molecule has 32 heavy (non-hydrogen) atoms. The Kier molecular flexibility index (Phi) is 7.49. The molecule has 0 atom stereocenters.